The molecule has 0 bridgehead atoms. The molecule has 40 heavy (non-hydrogen) atoms. The van der Waals surface area contributed by atoms with Crippen LogP contribution in [0.25, 0.3) is 0 Å². The van der Waals surface area contributed by atoms with E-state index < -0.39 is 41.8 Å². The molecule has 9 nitrogen and oxygen atoms in total. The van der Waals surface area contributed by atoms with Gasteiger partial charge in [0.2, 0.25) is 0 Å². The van der Waals surface area contributed by atoms with Crippen molar-refractivity contribution in [2.45, 2.75) is 24.7 Å². The van der Waals surface area contributed by atoms with Gasteiger partial charge in [-0.05, 0) is 48.4 Å². The van der Waals surface area contributed by atoms with Gasteiger partial charge >= 0.3 is 18.2 Å². The maximum absolute atomic E-state index is 14.2. The molecule has 0 heterocycles. The number of anilines is 2. The number of hydrogen-bond donors (Lipinski definition) is 4. The highest BCUT2D eigenvalue weighted by atomic mass is 19.4. The van der Waals surface area contributed by atoms with Crippen molar-refractivity contribution in [2.75, 3.05) is 30.1 Å². The number of halogens is 4. The minimum Gasteiger partial charge on any atom is -0.491 e. The summed E-state index contributed by atoms with van der Waals surface area (Å²) in [5.74, 6) is -3.19. The van der Waals surface area contributed by atoms with Gasteiger partial charge in [-0.1, -0.05) is 42.5 Å². The van der Waals surface area contributed by atoms with E-state index >= 15 is 0 Å². The number of urea groups is 1. The second-order valence-electron chi connectivity index (χ2n) is 8.52. The molecule has 0 aliphatic rings. The van der Waals surface area contributed by atoms with E-state index in [1.54, 1.807) is 36.4 Å². The SMILES string of the molecule is O=C(Nc1ccc(C[C@@H](CO)NC[C@H](O)COc2ccccc2)cc1)N(OC(=O)C(F)(F)F)c1ccccc1F. The third-order valence-corrected chi connectivity index (χ3v) is 5.40. The zero-order chi connectivity index (χ0) is 29.1. The van der Waals surface area contributed by atoms with E-state index in [1.807, 2.05) is 6.07 Å². The Balaban J connectivity index is 1.57. The van der Waals surface area contributed by atoms with Gasteiger partial charge in [0.05, 0.1) is 6.61 Å². The predicted octanol–water partition coefficient (Wildman–Crippen LogP) is 3.82. The van der Waals surface area contributed by atoms with Crippen LogP contribution in [-0.4, -0.2) is 60.3 Å². The summed E-state index contributed by atoms with van der Waals surface area (Å²) in [4.78, 5) is 28.2. The van der Waals surface area contributed by atoms with Crippen molar-refractivity contribution < 1.29 is 46.9 Å². The lowest BCUT2D eigenvalue weighted by Crippen LogP contribution is -2.41. The fraction of sp³-hybridized carbons (Fsp3) is 0.259. The van der Waals surface area contributed by atoms with Gasteiger partial charge in [-0.3, -0.25) is 0 Å². The van der Waals surface area contributed by atoms with Crippen molar-refractivity contribution in [3.63, 3.8) is 0 Å². The van der Waals surface area contributed by atoms with Crippen molar-refractivity contribution in [1.82, 2.24) is 5.32 Å². The number of para-hydroxylation sites is 2. The average Bonchev–Trinajstić information content (AvgIpc) is 2.94. The standard InChI is InChI=1S/C27H27F4N3O6/c28-23-8-4-5-9-24(23)34(40-25(37)27(29,30)31)26(38)33-19-12-10-18(11-13-19)14-20(16-35)32-15-21(36)17-39-22-6-2-1-3-7-22/h1-13,20-21,32,35-36H,14-17H2,(H,33,38)/t20-,21-/m0/s1. The van der Waals surface area contributed by atoms with Gasteiger partial charge < -0.3 is 30.4 Å². The Hall–Kier alpha value is -4.20. The Bertz CT molecular complexity index is 1250. The van der Waals surface area contributed by atoms with Crippen LogP contribution in [-0.2, 0) is 16.1 Å². The zero-order valence-electron chi connectivity index (χ0n) is 21.0. The number of hydrogen-bond acceptors (Lipinski definition) is 7. The number of amides is 2. The Morgan fingerprint density at radius 3 is 2.23 bits per heavy atom. The van der Waals surface area contributed by atoms with E-state index in [4.69, 9.17) is 4.74 Å². The summed E-state index contributed by atoms with van der Waals surface area (Å²) in [6, 6.07) is 17.6. The number of benzene rings is 3. The lowest BCUT2D eigenvalue weighted by Gasteiger charge is -2.22. The molecular weight excluding hydrogens is 538 g/mol. The molecule has 0 aliphatic heterocycles. The summed E-state index contributed by atoms with van der Waals surface area (Å²) < 4.78 is 57.9. The fourth-order valence-electron chi connectivity index (χ4n) is 3.41. The zero-order valence-corrected chi connectivity index (χ0v) is 21.0. The highest BCUT2D eigenvalue weighted by molar-refractivity contribution is 6.01. The first kappa shape index (κ1) is 30.3. The van der Waals surface area contributed by atoms with Crippen LogP contribution < -0.4 is 20.4 Å². The first-order chi connectivity index (χ1) is 19.1. The monoisotopic (exact) mass is 565 g/mol. The lowest BCUT2D eigenvalue weighted by atomic mass is 10.1. The van der Waals surface area contributed by atoms with Crippen LogP contribution in [0.3, 0.4) is 0 Å². The molecule has 3 aromatic carbocycles. The topological polar surface area (TPSA) is 120 Å². The second kappa shape index (κ2) is 14.3. The molecule has 3 rings (SSSR count). The maximum atomic E-state index is 14.2. The highest BCUT2D eigenvalue weighted by Gasteiger charge is 2.44. The van der Waals surface area contributed by atoms with Crippen molar-refractivity contribution in [1.29, 1.82) is 0 Å². The second-order valence-corrected chi connectivity index (χ2v) is 8.52. The quantitative estimate of drug-likeness (QED) is 0.206. The van der Waals surface area contributed by atoms with E-state index in [1.165, 1.54) is 24.3 Å². The third-order valence-electron chi connectivity index (χ3n) is 5.40. The molecule has 4 N–H and O–H groups in total. The number of rotatable bonds is 11. The Kier molecular flexibility index (Phi) is 10.8. The molecular formula is C27H27F4N3O6. The Morgan fingerprint density at radius 2 is 1.60 bits per heavy atom. The van der Waals surface area contributed by atoms with Gasteiger partial charge in [0.1, 0.15) is 24.1 Å². The van der Waals surface area contributed by atoms with E-state index in [0.29, 0.717) is 17.7 Å². The molecule has 0 saturated heterocycles. The first-order valence-corrected chi connectivity index (χ1v) is 12.0. The van der Waals surface area contributed by atoms with Crippen LogP contribution in [0.1, 0.15) is 5.56 Å². The van der Waals surface area contributed by atoms with E-state index in [-0.39, 0.29) is 30.5 Å². The highest BCUT2D eigenvalue weighted by Crippen LogP contribution is 2.24. The number of aliphatic hydroxyl groups is 2. The molecule has 0 fully saturated rings. The summed E-state index contributed by atoms with van der Waals surface area (Å²) >= 11 is 0. The number of carbonyl (C=O) groups excluding carboxylic acids is 2. The first-order valence-electron chi connectivity index (χ1n) is 12.0. The molecule has 2 atom stereocenters. The number of ether oxygens (including phenoxy) is 1. The molecule has 214 valence electrons. The van der Waals surface area contributed by atoms with Gasteiger partial charge in [0.15, 0.2) is 5.82 Å². The number of nitrogens with one attached hydrogen (secondary N) is 2. The van der Waals surface area contributed by atoms with Gasteiger partial charge in [0.25, 0.3) is 0 Å². The smallest absolute Gasteiger partial charge is 0.491 e. The molecule has 2 amide bonds. The normalized spacial score (nSPS) is 12.8. The molecule has 13 heteroatoms. The molecule has 3 aromatic rings. The Morgan fingerprint density at radius 1 is 0.950 bits per heavy atom. The van der Waals surface area contributed by atoms with Crippen LogP contribution in [0.2, 0.25) is 0 Å². The van der Waals surface area contributed by atoms with Crippen LogP contribution in [0.5, 0.6) is 5.75 Å². The molecule has 0 unspecified atom stereocenters. The molecule has 0 spiro atoms. The van der Waals surface area contributed by atoms with Crippen molar-refractivity contribution in [3.8, 4) is 5.75 Å². The van der Waals surface area contributed by atoms with Crippen LogP contribution >= 0.6 is 0 Å². The minimum absolute atomic E-state index is 0.0474. The van der Waals surface area contributed by atoms with Crippen LogP contribution in [0.4, 0.5) is 33.7 Å². The van der Waals surface area contributed by atoms with Gasteiger partial charge in [-0.2, -0.15) is 13.2 Å². The number of hydroxylamine groups is 1. The molecule has 0 saturated carbocycles. The van der Waals surface area contributed by atoms with E-state index in [0.717, 1.165) is 12.1 Å². The summed E-state index contributed by atoms with van der Waals surface area (Å²) in [7, 11) is 0. The Labute approximate surface area is 226 Å². The van der Waals surface area contributed by atoms with Gasteiger partial charge in [-0.15, -0.1) is 5.06 Å². The summed E-state index contributed by atoms with van der Waals surface area (Å²) in [5, 5.41) is 25.0. The van der Waals surface area contributed by atoms with Gasteiger partial charge in [0, 0.05) is 18.3 Å². The molecule has 0 radical (unpaired) electrons. The van der Waals surface area contributed by atoms with E-state index in [2.05, 4.69) is 15.5 Å². The van der Waals surface area contributed by atoms with Crippen LogP contribution in [0, 0.1) is 5.82 Å². The molecule has 0 aromatic heterocycles. The summed E-state index contributed by atoms with van der Waals surface area (Å²) in [5.41, 5.74) is 0.122. The largest absolute Gasteiger partial charge is 0.493 e. The van der Waals surface area contributed by atoms with E-state index in [9.17, 15) is 37.4 Å². The number of carbonyl (C=O) groups is 2. The van der Waals surface area contributed by atoms with Crippen molar-refractivity contribution in [3.05, 3.63) is 90.2 Å². The summed E-state index contributed by atoms with van der Waals surface area (Å²) in [6.45, 7) is -0.0482. The number of alkyl halides is 3. The predicted molar refractivity (Wildman–Crippen MR) is 137 cm³/mol. The third kappa shape index (κ3) is 9.22. The summed E-state index contributed by atoms with van der Waals surface area (Å²) in [6.07, 6.45) is -5.93. The lowest BCUT2D eigenvalue weighted by molar-refractivity contribution is -0.199. The van der Waals surface area contributed by atoms with Crippen molar-refractivity contribution in [2.24, 2.45) is 0 Å². The van der Waals surface area contributed by atoms with Gasteiger partial charge in [-0.25, -0.2) is 14.0 Å². The molecule has 0 aliphatic carbocycles. The maximum Gasteiger partial charge on any atom is 0.493 e. The van der Waals surface area contributed by atoms with Crippen molar-refractivity contribution >= 4 is 23.4 Å². The van der Waals surface area contributed by atoms with Crippen LogP contribution in [0.15, 0.2) is 78.9 Å². The number of aliphatic hydroxyl groups excluding tert-OH is 2. The fourth-order valence-corrected chi connectivity index (χ4v) is 3.41. The number of nitrogens with zero attached hydrogens (tertiary/aromatic N) is 1. The minimum atomic E-state index is -5.42. The average molecular weight is 566 g/mol.